The molecule has 0 aromatic heterocycles. The van der Waals surface area contributed by atoms with Crippen molar-refractivity contribution in [2.75, 3.05) is 20.1 Å². The molecule has 0 fully saturated rings. The van der Waals surface area contributed by atoms with Crippen LogP contribution in [0.2, 0.25) is 10.0 Å². The number of sulfonamides is 1. The smallest absolute Gasteiger partial charge is 0.243 e. The third-order valence-corrected chi connectivity index (χ3v) is 8.06. The minimum atomic E-state index is -3.90. The Hall–Kier alpha value is -2.13. The molecular weight excluding hydrogens is 509 g/mol. The molecule has 10 heteroatoms. The number of halogens is 2. The zero-order chi connectivity index (χ0) is 26.2. The van der Waals surface area contributed by atoms with Gasteiger partial charge in [0.2, 0.25) is 21.8 Å². The Morgan fingerprint density at radius 2 is 1.71 bits per heavy atom. The molecule has 7 nitrogen and oxygen atoms in total. The Morgan fingerprint density at radius 1 is 1.06 bits per heavy atom. The summed E-state index contributed by atoms with van der Waals surface area (Å²) in [7, 11) is -2.55. The number of nitrogens with one attached hydrogen (secondary N) is 1. The molecule has 2 aromatic carbocycles. The maximum absolute atomic E-state index is 13.5. The quantitative estimate of drug-likeness (QED) is 0.396. The molecule has 1 atom stereocenters. The molecule has 2 amide bonds. The average molecular weight is 543 g/mol. The lowest BCUT2D eigenvalue weighted by Gasteiger charge is -2.32. The van der Waals surface area contributed by atoms with Crippen molar-refractivity contribution in [3.63, 3.8) is 0 Å². The van der Waals surface area contributed by atoms with Gasteiger partial charge in [0.05, 0.1) is 11.4 Å². The normalized spacial score (nSPS) is 12.4. The first-order chi connectivity index (χ1) is 16.5. The Labute approximate surface area is 218 Å². The highest BCUT2D eigenvalue weighted by Gasteiger charge is 2.32. The Bertz CT molecular complexity index is 1120. The van der Waals surface area contributed by atoms with Crippen LogP contribution in [0.3, 0.4) is 0 Å². The number of carbonyl (C=O) groups is 2. The van der Waals surface area contributed by atoms with Crippen LogP contribution < -0.4 is 5.32 Å². The fraction of sp³-hybridized carbons (Fsp3) is 0.440. The second kappa shape index (κ2) is 13.3. The van der Waals surface area contributed by atoms with E-state index in [9.17, 15) is 18.0 Å². The van der Waals surface area contributed by atoms with Crippen LogP contribution in [0.15, 0.2) is 47.4 Å². The van der Waals surface area contributed by atoms with E-state index in [4.69, 9.17) is 23.2 Å². The zero-order valence-corrected chi connectivity index (χ0v) is 22.9. The molecule has 0 heterocycles. The lowest BCUT2D eigenvalue weighted by atomic mass is 10.1. The minimum absolute atomic E-state index is 0.0347. The van der Waals surface area contributed by atoms with Gasteiger partial charge in [-0.15, -0.1) is 0 Å². The molecular formula is C25H33Cl2N3O4S. The van der Waals surface area contributed by atoms with E-state index in [2.05, 4.69) is 5.32 Å². The van der Waals surface area contributed by atoms with E-state index in [1.807, 2.05) is 13.8 Å². The molecule has 1 N–H and O–H groups in total. The molecule has 0 aliphatic heterocycles. The first-order valence-electron chi connectivity index (χ1n) is 11.5. The third-order valence-electron chi connectivity index (χ3n) is 5.66. The summed E-state index contributed by atoms with van der Waals surface area (Å²) in [6.45, 7) is 5.79. The van der Waals surface area contributed by atoms with Gasteiger partial charge in [0, 0.05) is 30.2 Å². The van der Waals surface area contributed by atoms with Crippen LogP contribution >= 0.6 is 23.2 Å². The molecule has 0 bridgehead atoms. The summed E-state index contributed by atoms with van der Waals surface area (Å²) >= 11 is 12.4. The van der Waals surface area contributed by atoms with E-state index in [0.29, 0.717) is 28.6 Å². The Balaban J connectivity index is 2.33. The van der Waals surface area contributed by atoms with Crippen LogP contribution in [0.1, 0.15) is 44.2 Å². The van der Waals surface area contributed by atoms with Gasteiger partial charge in [0.1, 0.15) is 6.04 Å². The van der Waals surface area contributed by atoms with Crippen LogP contribution in [0.25, 0.3) is 0 Å². The highest BCUT2D eigenvalue weighted by atomic mass is 35.5. The highest BCUT2D eigenvalue weighted by Crippen LogP contribution is 2.24. The SMILES string of the molecule is CCCCNC(=O)C(CC)N(Cc1ccc(Cl)cc1Cl)C(=O)CN(C)S(=O)(=O)c1ccc(C)cc1. The van der Waals surface area contributed by atoms with Crippen molar-refractivity contribution in [3.8, 4) is 0 Å². The summed E-state index contributed by atoms with van der Waals surface area (Å²) in [6.07, 6.45) is 2.09. The monoisotopic (exact) mass is 541 g/mol. The zero-order valence-electron chi connectivity index (χ0n) is 20.6. The topological polar surface area (TPSA) is 86.8 Å². The largest absolute Gasteiger partial charge is 0.354 e. The molecule has 0 saturated heterocycles. The number of unbranched alkanes of at least 4 members (excludes halogenated alkanes) is 1. The van der Waals surface area contributed by atoms with Gasteiger partial charge in [-0.3, -0.25) is 9.59 Å². The number of carbonyl (C=O) groups excluding carboxylic acids is 2. The van der Waals surface area contributed by atoms with Crippen molar-refractivity contribution >= 4 is 45.0 Å². The van der Waals surface area contributed by atoms with Gasteiger partial charge in [-0.05, 0) is 49.6 Å². The predicted octanol–water partition coefficient (Wildman–Crippen LogP) is 4.65. The number of nitrogens with zero attached hydrogens (tertiary/aromatic N) is 2. The van der Waals surface area contributed by atoms with Crippen molar-refractivity contribution in [1.82, 2.24) is 14.5 Å². The van der Waals surface area contributed by atoms with Crippen LogP contribution in [-0.2, 0) is 26.2 Å². The lowest BCUT2D eigenvalue weighted by Crippen LogP contribution is -2.51. The van der Waals surface area contributed by atoms with Gasteiger partial charge in [-0.25, -0.2) is 8.42 Å². The number of hydrogen-bond donors (Lipinski definition) is 1. The van der Waals surface area contributed by atoms with Crippen molar-refractivity contribution in [2.24, 2.45) is 0 Å². The maximum Gasteiger partial charge on any atom is 0.243 e. The summed E-state index contributed by atoms with van der Waals surface area (Å²) < 4.78 is 27.1. The molecule has 0 saturated carbocycles. The predicted molar refractivity (Wildman–Crippen MR) is 140 cm³/mol. The summed E-state index contributed by atoms with van der Waals surface area (Å²) in [6, 6.07) is 10.5. The molecule has 192 valence electrons. The van der Waals surface area contributed by atoms with Gasteiger partial charge in [0.15, 0.2) is 0 Å². The summed E-state index contributed by atoms with van der Waals surface area (Å²) in [5, 5.41) is 3.68. The number of rotatable bonds is 12. The van der Waals surface area contributed by atoms with E-state index >= 15 is 0 Å². The standard InChI is InChI=1S/C25H33Cl2N3O4S/c1-5-7-14-28-25(32)23(6-2)30(16-19-10-11-20(26)15-22(19)27)24(31)17-29(4)35(33,34)21-12-8-18(3)9-13-21/h8-13,15,23H,5-7,14,16-17H2,1-4H3,(H,28,32). The number of aryl methyl sites for hydroxylation is 1. The van der Waals surface area contributed by atoms with Crippen LogP contribution in [-0.4, -0.2) is 55.6 Å². The van der Waals surface area contributed by atoms with E-state index in [-0.39, 0.29) is 17.3 Å². The fourth-order valence-corrected chi connectivity index (χ4v) is 5.10. The molecule has 2 aromatic rings. The second-order valence-electron chi connectivity index (χ2n) is 8.40. The number of amides is 2. The Morgan fingerprint density at radius 3 is 2.29 bits per heavy atom. The Kier molecular flexibility index (Phi) is 11.0. The van der Waals surface area contributed by atoms with Crippen LogP contribution in [0.5, 0.6) is 0 Å². The lowest BCUT2D eigenvalue weighted by molar-refractivity contribution is -0.141. The number of hydrogen-bond acceptors (Lipinski definition) is 4. The fourth-order valence-electron chi connectivity index (χ4n) is 3.52. The highest BCUT2D eigenvalue weighted by molar-refractivity contribution is 7.89. The first-order valence-corrected chi connectivity index (χ1v) is 13.7. The number of likely N-dealkylation sites (N-methyl/N-ethyl adjacent to an activating group) is 1. The molecule has 0 aliphatic carbocycles. The summed E-state index contributed by atoms with van der Waals surface area (Å²) in [5.74, 6) is -0.796. The average Bonchev–Trinajstić information content (AvgIpc) is 2.80. The van der Waals surface area contributed by atoms with Crippen molar-refractivity contribution in [1.29, 1.82) is 0 Å². The second-order valence-corrected chi connectivity index (χ2v) is 11.3. The van der Waals surface area contributed by atoms with E-state index < -0.39 is 28.5 Å². The van der Waals surface area contributed by atoms with Gasteiger partial charge in [0.25, 0.3) is 0 Å². The molecule has 0 radical (unpaired) electrons. The molecule has 0 spiro atoms. The summed E-state index contributed by atoms with van der Waals surface area (Å²) in [4.78, 5) is 27.9. The first kappa shape index (κ1) is 29.1. The van der Waals surface area contributed by atoms with Crippen molar-refractivity contribution < 1.29 is 18.0 Å². The number of benzene rings is 2. The molecule has 0 aliphatic rings. The van der Waals surface area contributed by atoms with Crippen LogP contribution in [0.4, 0.5) is 0 Å². The third kappa shape index (κ3) is 7.93. The van der Waals surface area contributed by atoms with Crippen molar-refractivity contribution in [2.45, 2.75) is 57.5 Å². The summed E-state index contributed by atoms with van der Waals surface area (Å²) in [5.41, 5.74) is 1.53. The maximum atomic E-state index is 13.5. The van der Waals surface area contributed by atoms with Gasteiger partial charge >= 0.3 is 0 Å². The van der Waals surface area contributed by atoms with Crippen LogP contribution in [0, 0.1) is 6.92 Å². The van der Waals surface area contributed by atoms with E-state index in [1.165, 1.54) is 24.1 Å². The van der Waals surface area contributed by atoms with Gasteiger partial charge in [-0.2, -0.15) is 4.31 Å². The van der Waals surface area contributed by atoms with Gasteiger partial charge < -0.3 is 10.2 Å². The van der Waals surface area contributed by atoms with E-state index in [1.54, 1.807) is 37.3 Å². The van der Waals surface area contributed by atoms with E-state index in [0.717, 1.165) is 22.7 Å². The molecule has 35 heavy (non-hydrogen) atoms. The minimum Gasteiger partial charge on any atom is -0.354 e. The molecule has 2 rings (SSSR count). The van der Waals surface area contributed by atoms with Gasteiger partial charge in [-0.1, -0.05) is 67.2 Å². The molecule has 1 unspecified atom stereocenters. The van der Waals surface area contributed by atoms with Crippen molar-refractivity contribution in [3.05, 3.63) is 63.6 Å².